The van der Waals surface area contributed by atoms with Crippen LogP contribution in [-0.4, -0.2) is 30.4 Å². The lowest BCUT2D eigenvalue weighted by Gasteiger charge is -2.39. The molecule has 2 unspecified atom stereocenters. The first kappa shape index (κ1) is 12.7. The maximum absolute atomic E-state index is 9.07. The first-order valence-electron chi connectivity index (χ1n) is 5.89. The fourth-order valence-electron chi connectivity index (χ4n) is 2.12. The zero-order chi connectivity index (χ0) is 12.4. The van der Waals surface area contributed by atoms with Gasteiger partial charge in [0.2, 0.25) is 0 Å². The third kappa shape index (κ3) is 2.73. The number of morpholine rings is 1. The molecule has 0 aromatic heterocycles. The maximum atomic E-state index is 9.07. The van der Waals surface area contributed by atoms with Gasteiger partial charge in [0, 0.05) is 12.6 Å². The average Bonchev–Trinajstić information content (AvgIpc) is 2.32. The highest BCUT2D eigenvalue weighted by atomic mass is 35.5. The number of benzene rings is 1. The summed E-state index contributed by atoms with van der Waals surface area (Å²) in [5.41, 5.74) is 1.86. The van der Waals surface area contributed by atoms with Gasteiger partial charge in [0.25, 0.3) is 0 Å². The van der Waals surface area contributed by atoms with Crippen LogP contribution < -0.4 is 4.90 Å². The van der Waals surface area contributed by atoms with Gasteiger partial charge < -0.3 is 14.7 Å². The van der Waals surface area contributed by atoms with Gasteiger partial charge in [-0.2, -0.15) is 0 Å². The molecule has 17 heavy (non-hydrogen) atoms. The molecule has 0 spiro atoms. The summed E-state index contributed by atoms with van der Waals surface area (Å²) < 4.78 is 5.60. The molecular formula is C13H18ClNO2. The topological polar surface area (TPSA) is 32.7 Å². The van der Waals surface area contributed by atoms with E-state index in [-0.39, 0.29) is 12.7 Å². The van der Waals surface area contributed by atoms with Crippen LogP contribution in [0.25, 0.3) is 0 Å². The molecule has 2 rings (SSSR count). The summed E-state index contributed by atoms with van der Waals surface area (Å²) in [6, 6.07) is 6.03. The number of aliphatic hydroxyl groups excluding tert-OH is 1. The highest BCUT2D eigenvalue weighted by Crippen LogP contribution is 2.30. The molecule has 1 aliphatic rings. The van der Waals surface area contributed by atoms with Crippen molar-refractivity contribution in [2.75, 3.05) is 18.1 Å². The Hall–Kier alpha value is -0.770. The van der Waals surface area contributed by atoms with Gasteiger partial charge in [0.05, 0.1) is 30.0 Å². The van der Waals surface area contributed by atoms with Crippen LogP contribution in [0.5, 0.6) is 0 Å². The van der Waals surface area contributed by atoms with Crippen molar-refractivity contribution < 1.29 is 9.84 Å². The molecule has 1 aliphatic heterocycles. The molecule has 1 aromatic carbocycles. The lowest BCUT2D eigenvalue weighted by molar-refractivity contribution is 0.0344. The molecular weight excluding hydrogens is 238 g/mol. The van der Waals surface area contributed by atoms with Crippen molar-refractivity contribution in [3.8, 4) is 0 Å². The monoisotopic (exact) mass is 255 g/mol. The largest absolute Gasteiger partial charge is 0.392 e. The Morgan fingerprint density at radius 2 is 2.24 bits per heavy atom. The predicted molar refractivity (Wildman–Crippen MR) is 69.6 cm³/mol. The number of nitrogens with zero attached hydrogens (tertiary/aromatic N) is 1. The van der Waals surface area contributed by atoms with Crippen LogP contribution in [0.4, 0.5) is 5.69 Å². The van der Waals surface area contributed by atoms with E-state index in [1.165, 1.54) is 0 Å². The van der Waals surface area contributed by atoms with Gasteiger partial charge in [-0.25, -0.2) is 0 Å². The van der Waals surface area contributed by atoms with Crippen molar-refractivity contribution >= 4 is 17.3 Å². The number of aliphatic hydroxyl groups is 1. The fourth-order valence-corrected chi connectivity index (χ4v) is 2.43. The smallest absolute Gasteiger partial charge is 0.0723 e. The summed E-state index contributed by atoms with van der Waals surface area (Å²) >= 11 is 6.26. The number of hydrogen-bond donors (Lipinski definition) is 1. The first-order valence-corrected chi connectivity index (χ1v) is 6.27. The van der Waals surface area contributed by atoms with E-state index in [4.69, 9.17) is 21.4 Å². The molecule has 1 N–H and O–H groups in total. The van der Waals surface area contributed by atoms with Crippen LogP contribution in [0, 0.1) is 0 Å². The molecule has 1 heterocycles. The number of rotatable bonds is 2. The second-order valence-corrected chi connectivity index (χ2v) is 5.00. The lowest BCUT2D eigenvalue weighted by atomic mass is 10.1. The van der Waals surface area contributed by atoms with E-state index in [0.29, 0.717) is 11.1 Å². The second-order valence-electron chi connectivity index (χ2n) is 4.59. The van der Waals surface area contributed by atoms with Gasteiger partial charge in [-0.3, -0.25) is 0 Å². The number of anilines is 1. The van der Waals surface area contributed by atoms with E-state index in [1.807, 2.05) is 18.2 Å². The predicted octanol–water partition coefficient (Wildman–Crippen LogP) is 2.45. The third-order valence-electron chi connectivity index (χ3n) is 3.11. The molecule has 2 atom stereocenters. The number of halogens is 1. The standard InChI is InChI=1S/C13H18ClNO2/c1-9-8-17-10(2)6-15(9)13-4-3-11(7-16)5-12(13)14/h3-5,9-10,16H,6-8H2,1-2H3. The van der Waals surface area contributed by atoms with Crippen molar-refractivity contribution in [1.82, 2.24) is 0 Å². The van der Waals surface area contributed by atoms with Crippen molar-refractivity contribution in [1.29, 1.82) is 0 Å². The minimum absolute atomic E-state index is 0.0229. The zero-order valence-corrected chi connectivity index (χ0v) is 10.9. The molecule has 1 aromatic rings. The molecule has 0 saturated carbocycles. The molecule has 3 nitrogen and oxygen atoms in total. The Labute approximate surface area is 107 Å². The quantitative estimate of drug-likeness (QED) is 0.881. The van der Waals surface area contributed by atoms with Crippen LogP contribution in [0.15, 0.2) is 18.2 Å². The summed E-state index contributed by atoms with van der Waals surface area (Å²) in [7, 11) is 0. The van der Waals surface area contributed by atoms with Crippen LogP contribution in [0.3, 0.4) is 0 Å². The highest BCUT2D eigenvalue weighted by molar-refractivity contribution is 6.33. The van der Waals surface area contributed by atoms with Gasteiger partial charge in [-0.05, 0) is 31.5 Å². The summed E-state index contributed by atoms with van der Waals surface area (Å²) in [6.45, 7) is 5.78. The maximum Gasteiger partial charge on any atom is 0.0723 e. The van der Waals surface area contributed by atoms with Gasteiger partial charge >= 0.3 is 0 Å². The SMILES string of the molecule is CC1CN(c2ccc(CO)cc2Cl)C(C)CO1. The van der Waals surface area contributed by atoms with Gasteiger partial charge in [0.15, 0.2) is 0 Å². The summed E-state index contributed by atoms with van der Waals surface area (Å²) in [5, 5.41) is 9.76. The Bertz CT molecular complexity index is 397. The molecule has 0 bridgehead atoms. The first-order chi connectivity index (χ1) is 8.11. The van der Waals surface area contributed by atoms with Crippen molar-refractivity contribution in [3.05, 3.63) is 28.8 Å². The Balaban J connectivity index is 2.26. The molecule has 4 heteroatoms. The number of ether oxygens (including phenoxy) is 1. The van der Waals surface area contributed by atoms with E-state index >= 15 is 0 Å². The van der Waals surface area contributed by atoms with Crippen LogP contribution in [0.2, 0.25) is 5.02 Å². The number of hydrogen-bond acceptors (Lipinski definition) is 3. The molecule has 0 amide bonds. The van der Waals surface area contributed by atoms with Crippen LogP contribution in [0.1, 0.15) is 19.4 Å². The van der Waals surface area contributed by atoms with E-state index in [9.17, 15) is 0 Å². The van der Waals surface area contributed by atoms with Crippen LogP contribution in [-0.2, 0) is 11.3 Å². The lowest BCUT2D eigenvalue weighted by Crippen LogP contribution is -2.47. The van der Waals surface area contributed by atoms with Gasteiger partial charge in [0.1, 0.15) is 0 Å². The third-order valence-corrected chi connectivity index (χ3v) is 3.41. The van der Waals surface area contributed by atoms with E-state index in [1.54, 1.807) is 0 Å². The van der Waals surface area contributed by atoms with Gasteiger partial charge in [-0.15, -0.1) is 0 Å². The average molecular weight is 256 g/mol. The zero-order valence-electron chi connectivity index (χ0n) is 10.2. The summed E-state index contributed by atoms with van der Waals surface area (Å²) in [4.78, 5) is 2.26. The Kier molecular flexibility index (Phi) is 3.92. The minimum Gasteiger partial charge on any atom is -0.392 e. The Morgan fingerprint density at radius 1 is 1.47 bits per heavy atom. The fraction of sp³-hybridized carbons (Fsp3) is 0.538. The van der Waals surface area contributed by atoms with Crippen LogP contribution >= 0.6 is 11.6 Å². The highest BCUT2D eigenvalue weighted by Gasteiger charge is 2.24. The van der Waals surface area contributed by atoms with E-state index in [0.717, 1.165) is 24.4 Å². The second kappa shape index (κ2) is 5.25. The summed E-state index contributed by atoms with van der Waals surface area (Å²) in [6.07, 6.45) is 0.222. The van der Waals surface area contributed by atoms with Crippen molar-refractivity contribution in [2.45, 2.75) is 32.6 Å². The summed E-state index contributed by atoms with van der Waals surface area (Å²) in [5.74, 6) is 0. The van der Waals surface area contributed by atoms with Crippen molar-refractivity contribution in [3.63, 3.8) is 0 Å². The van der Waals surface area contributed by atoms with E-state index in [2.05, 4.69) is 18.7 Å². The van der Waals surface area contributed by atoms with E-state index < -0.39 is 0 Å². The van der Waals surface area contributed by atoms with Gasteiger partial charge in [-0.1, -0.05) is 17.7 Å². The molecule has 94 valence electrons. The molecule has 0 radical (unpaired) electrons. The normalized spacial score (nSPS) is 25.1. The van der Waals surface area contributed by atoms with Crippen molar-refractivity contribution in [2.24, 2.45) is 0 Å². The Morgan fingerprint density at radius 3 is 2.88 bits per heavy atom. The molecule has 0 aliphatic carbocycles. The molecule has 1 saturated heterocycles. The molecule has 1 fully saturated rings. The minimum atomic E-state index is 0.0229.